The third-order valence-electron chi connectivity index (χ3n) is 3.75. The number of aromatic hydroxyl groups is 1. The van der Waals surface area contributed by atoms with Gasteiger partial charge in [0, 0.05) is 5.02 Å². The molecule has 3 rings (SSSR count). The van der Waals surface area contributed by atoms with Crippen molar-refractivity contribution in [3.05, 3.63) is 95.0 Å². The fourth-order valence-corrected chi connectivity index (χ4v) is 2.72. The van der Waals surface area contributed by atoms with Gasteiger partial charge >= 0.3 is 6.03 Å². The van der Waals surface area contributed by atoms with Gasteiger partial charge in [-0.2, -0.15) is 0 Å². The van der Waals surface area contributed by atoms with E-state index in [4.69, 9.17) is 11.6 Å². The average molecular weight is 353 g/mol. The number of amides is 2. The van der Waals surface area contributed by atoms with Gasteiger partial charge in [-0.1, -0.05) is 72.3 Å². The van der Waals surface area contributed by atoms with Gasteiger partial charge in [-0.05, 0) is 29.3 Å². The van der Waals surface area contributed by atoms with Gasteiger partial charge in [0.1, 0.15) is 5.75 Å². The highest BCUT2D eigenvalue weighted by Gasteiger charge is 2.17. The van der Waals surface area contributed by atoms with Crippen LogP contribution in [-0.4, -0.2) is 11.1 Å². The molecule has 0 aliphatic rings. The molecule has 0 saturated carbocycles. The van der Waals surface area contributed by atoms with Crippen LogP contribution in [-0.2, 0) is 0 Å². The van der Waals surface area contributed by atoms with Gasteiger partial charge in [-0.25, -0.2) is 4.79 Å². The Kier molecular flexibility index (Phi) is 5.21. The molecule has 0 unspecified atom stereocenters. The summed E-state index contributed by atoms with van der Waals surface area (Å²) in [7, 11) is 0. The molecule has 126 valence electrons. The van der Waals surface area contributed by atoms with Crippen molar-refractivity contribution in [1.82, 2.24) is 5.32 Å². The topological polar surface area (TPSA) is 61.4 Å². The number of halogens is 1. The molecule has 5 heteroatoms. The van der Waals surface area contributed by atoms with Crippen LogP contribution in [0, 0.1) is 0 Å². The first-order valence-corrected chi connectivity index (χ1v) is 8.17. The highest BCUT2D eigenvalue weighted by atomic mass is 35.5. The number of benzene rings is 3. The second-order valence-electron chi connectivity index (χ2n) is 5.51. The number of carbonyl (C=O) groups excluding carboxylic acids is 1. The van der Waals surface area contributed by atoms with Gasteiger partial charge in [0.2, 0.25) is 0 Å². The molecule has 3 aromatic rings. The second-order valence-corrected chi connectivity index (χ2v) is 5.95. The van der Waals surface area contributed by atoms with Gasteiger partial charge in [0.15, 0.2) is 0 Å². The lowest BCUT2D eigenvalue weighted by Crippen LogP contribution is -2.33. The van der Waals surface area contributed by atoms with Crippen LogP contribution in [0.1, 0.15) is 17.2 Å². The lowest BCUT2D eigenvalue weighted by atomic mass is 9.99. The number of phenols is 1. The lowest BCUT2D eigenvalue weighted by Gasteiger charge is -2.20. The predicted molar refractivity (Wildman–Crippen MR) is 100.0 cm³/mol. The second kappa shape index (κ2) is 7.73. The van der Waals surface area contributed by atoms with Crippen molar-refractivity contribution in [2.45, 2.75) is 6.04 Å². The number of hydrogen-bond donors (Lipinski definition) is 3. The molecule has 4 nitrogen and oxygen atoms in total. The van der Waals surface area contributed by atoms with Crippen LogP contribution in [0.15, 0.2) is 78.9 Å². The molecule has 0 aromatic heterocycles. The van der Waals surface area contributed by atoms with E-state index in [2.05, 4.69) is 10.6 Å². The standard InChI is InChI=1S/C20H17ClN2O2/c21-16-11-12-18(24)17(13-16)22-20(25)23-19(14-7-3-1-4-8-14)15-9-5-2-6-10-15/h1-13,19,24H,(H2,22,23,25). The SMILES string of the molecule is O=C(Nc1cc(Cl)ccc1O)NC(c1ccccc1)c1ccccc1. The summed E-state index contributed by atoms with van der Waals surface area (Å²) in [5, 5.41) is 15.9. The minimum absolute atomic E-state index is 0.0458. The Labute approximate surface area is 151 Å². The van der Waals surface area contributed by atoms with Crippen LogP contribution >= 0.6 is 11.6 Å². The maximum Gasteiger partial charge on any atom is 0.320 e. The zero-order valence-electron chi connectivity index (χ0n) is 13.3. The third-order valence-corrected chi connectivity index (χ3v) is 3.98. The van der Waals surface area contributed by atoms with Crippen molar-refractivity contribution >= 4 is 23.3 Å². The molecular formula is C20H17ClN2O2. The summed E-state index contributed by atoms with van der Waals surface area (Å²) >= 11 is 5.91. The maximum absolute atomic E-state index is 12.5. The zero-order valence-corrected chi connectivity index (χ0v) is 14.1. The molecule has 0 saturated heterocycles. The van der Waals surface area contributed by atoms with Crippen LogP contribution in [0.25, 0.3) is 0 Å². The number of carbonyl (C=O) groups is 1. The first-order valence-electron chi connectivity index (χ1n) is 7.79. The monoisotopic (exact) mass is 352 g/mol. The van der Waals surface area contributed by atoms with E-state index in [9.17, 15) is 9.90 Å². The number of rotatable bonds is 4. The molecule has 25 heavy (non-hydrogen) atoms. The Morgan fingerprint density at radius 3 is 2.00 bits per heavy atom. The molecule has 0 radical (unpaired) electrons. The number of phenolic OH excluding ortho intramolecular Hbond substituents is 1. The van der Waals surface area contributed by atoms with Gasteiger partial charge in [0.25, 0.3) is 0 Å². The Morgan fingerprint density at radius 2 is 1.44 bits per heavy atom. The smallest absolute Gasteiger partial charge is 0.320 e. The van der Waals surface area contributed by atoms with Gasteiger partial charge < -0.3 is 15.7 Å². The largest absolute Gasteiger partial charge is 0.506 e. The van der Waals surface area contributed by atoms with E-state index in [1.54, 1.807) is 6.07 Å². The van der Waals surface area contributed by atoms with Gasteiger partial charge in [-0.15, -0.1) is 0 Å². The number of urea groups is 1. The van der Waals surface area contributed by atoms with Crippen LogP contribution in [0.2, 0.25) is 5.02 Å². The number of anilines is 1. The molecule has 0 fully saturated rings. The summed E-state index contributed by atoms with van der Waals surface area (Å²) in [6, 6.07) is 23.1. The number of hydrogen-bond acceptors (Lipinski definition) is 2. The average Bonchev–Trinajstić information content (AvgIpc) is 2.64. The maximum atomic E-state index is 12.5. The van der Waals surface area contributed by atoms with Crippen LogP contribution < -0.4 is 10.6 Å². The molecule has 0 spiro atoms. The van der Waals surface area contributed by atoms with Crippen molar-refractivity contribution in [3.8, 4) is 5.75 Å². The van der Waals surface area contributed by atoms with E-state index in [1.165, 1.54) is 12.1 Å². The molecule has 0 bridgehead atoms. The first-order chi connectivity index (χ1) is 12.1. The normalized spacial score (nSPS) is 10.5. The van der Waals surface area contributed by atoms with Crippen molar-refractivity contribution in [1.29, 1.82) is 0 Å². The van der Waals surface area contributed by atoms with Crippen molar-refractivity contribution in [3.63, 3.8) is 0 Å². The molecule has 3 N–H and O–H groups in total. The van der Waals surface area contributed by atoms with E-state index >= 15 is 0 Å². The van der Waals surface area contributed by atoms with E-state index in [-0.39, 0.29) is 17.5 Å². The Balaban J connectivity index is 1.83. The van der Waals surface area contributed by atoms with Crippen LogP contribution in [0.5, 0.6) is 5.75 Å². The molecular weight excluding hydrogens is 336 g/mol. The highest BCUT2D eigenvalue weighted by molar-refractivity contribution is 6.31. The van der Waals surface area contributed by atoms with Crippen LogP contribution in [0.4, 0.5) is 10.5 Å². The molecule has 0 heterocycles. The lowest BCUT2D eigenvalue weighted by molar-refractivity contribution is 0.250. The summed E-state index contributed by atoms with van der Waals surface area (Å²) in [4.78, 5) is 12.5. The third kappa shape index (κ3) is 4.31. The fourth-order valence-electron chi connectivity index (χ4n) is 2.55. The van der Waals surface area contributed by atoms with Gasteiger partial charge in [0.05, 0.1) is 11.7 Å². The molecule has 0 aliphatic heterocycles. The van der Waals surface area contributed by atoms with E-state index in [1.807, 2.05) is 60.7 Å². The first kappa shape index (κ1) is 16.9. The zero-order chi connectivity index (χ0) is 17.6. The molecule has 2 amide bonds. The summed E-state index contributed by atoms with van der Waals surface area (Å²) in [5.41, 5.74) is 2.17. The molecule has 3 aromatic carbocycles. The van der Waals surface area contributed by atoms with Crippen molar-refractivity contribution < 1.29 is 9.90 Å². The van der Waals surface area contributed by atoms with Crippen LogP contribution in [0.3, 0.4) is 0 Å². The Hall–Kier alpha value is -2.98. The number of nitrogens with one attached hydrogen (secondary N) is 2. The van der Waals surface area contributed by atoms with E-state index < -0.39 is 6.03 Å². The molecule has 0 aliphatic carbocycles. The molecule has 0 atom stereocenters. The summed E-state index contributed by atoms with van der Waals surface area (Å²) in [5.74, 6) is -0.0458. The quantitative estimate of drug-likeness (QED) is 0.581. The fraction of sp³-hybridized carbons (Fsp3) is 0.0500. The highest BCUT2D eigenvalue weighted by Crippen LogP contribution is 2.27. The van der Waals surface area contributed by atoms with E-state index in [0.717, 1.165) is 11.1 Å². The Bertz CT molecular complexity index is 815. The minimum Gasteiger partial charge on any atom is -0.506 e. The van der Waals surface area contributed by atoms with Crippen molar-refractivity contribution in [2.75, 3.05) is 5.32 Å². The van der Waals surface area contributed by atoms with Gasteiger partial charge in [-0.3, -0.25) is 0 Å². The predicted octanol–water partition coefficient (Wildman–Crippen LogP) is 4.96. The Morgan fingerprint density at radius 1 is 0.880 bits per heavy atom. The summed E-state index contributed by atoms with van der Waals surface area (Å²) in [6.45, 7) is 0. The van der Waals surface area contributed by atoms with E-state index in [0.29, 0.717) is 5.02 Å². The summed E-state index contributed by atoms with van der Waals surface area (Å²) < 4.78 is 0. The van der Waals surface area contributed by atoms with Crippen molar-refractivity contribution in [2.24, 2.45) is 0 Å². The summed E-state index contributed by atoms with van der Waals surface area (Å²) in [6.07, 6.45) is 0. The minimum atomic E-state index is -0.435.